The van der Waals surface area contributed by atoms with Crippen molar-refractivity contribution in [2.24, 2.45) is 0 Å². The van der Waals surface area contributed by atoms with Crippen LogP contribution in [-0.4, -0.2) is 22.3 Å². The van der Waals surface area contributed by atoms with Gasteiger partial charge < -0.3 is 10.1 Å². The Morgan fingerprint density at radius 3 is 2.54 bits per heavy atom. The first-order valence-electron chi connectivity index (χ1n) is 11.9. The number of amides is 1. The van der Waals surface area contributed by atoms with E-state index in [1.165, 1.54) is 0 Å². The highest BCUT2D eigenvalue weighted by atomic mass is 16.5. The van der Waals surface area contributed by atoms with Crippen molar-refractivity contribution >= 4 is 16.7 Å². The molecule has 0 unspecified atom stereocenters. The SMILES string of the molecule is CCCOc1cccc(-c2nn(-c3ccccc3)cc2CNC(=O)c2cccc3ccccc23)c1. The summed E-state index contributed by atoms with van der Waals surface area (Å²) >= 11 is 0. The highest BCUT2D eigenvalue weighted by Gasteiger charge is 2.16. The highest BCUT2D eigenvalue weighted by Crippen LogP contribution is 2.27. The van der Waals surface area contributed by atoms with Crippen molar-refractivity contribution in [1.29, 1.82) is 0 Å². The van der Waals surface area contributed by atoms with Crippen LogP contribution in [0.1, 0.15) is 29.3 Å². The lowest BCUT2D eigenvalue weighted by atomic mass is 10.0. The first-order chi connectivity index (χ1) is 17.2. The van der Waals surface area contributed by atoms with Gasteiger partial charge in [-0.05, 0) is 47.5 Å². The van der Waals surface area contributed by atoms with E-state index in [-0.39, 0.29) is 5.91 Å². The van der Waals surface area contributed by atoms with Crippen molar-refractivity contribution in [2.75, 3.05) is 6.61 Å². The third-order valence-electron chi connectivity index (χ3n) is 5.86. The quantitative estimate of drug-likeness (QED) is 0.290. The van der Waals surface area contributed by atoms with E-state index in [4.69, 9.17) is 9.84 Å². The number of benzene rings is 4. The van der Waals surface area contributed by atoms with Gasteiger partial charge in [0.25, 0.3) is 5.91 Å². The number of aromatic nitrogens is 2. The van der Waals surface area contributed by atoms with Gasteiger partial charge >= 0.3 is 0 Å². The summed E-state index contributed by atoms with van der Waals surface area (Å²) in [6, 6.07) is 31.6. The second kappa shape index (κ2) is 10.3. The molecule has 1 N–H and O–H groups in total. The zero-order valence-corrected chi connectivity index (χ0v) is 19.6. The Balaban J connectivity index is 1.47. The van der Waals surface area contributed by atoms with E-state index in [9.17, 15) is 4.79 Å². The van der Waals surface area contributed by atoms with Gasteiger partial charge in [-0.2, -0.15) is 5.10 Å². The Morgan fingerprint density at radius 1 is 0.914 bits per heavy atom. The van der Waals surface area contributed by atoms with Crippen LogP contribution < -0.4 is 10.1 Å². The fourth-order valence-electron chi connectivity index (χ4n) is 4.14. The second-order valence-electron chi connectivity index (χ2n) is 8.37. The van der Waals surface area contributed by atoms with Crippen LogP contribution in [-0.2, 0) is 6.54 Å². The van der Waals surface area contributed by atoms with Gasteiger partial charge in [0, 0.05) is 29.4 Å². The molecule has 0 bridgehead atoms. The molecule has 0 radical (unpaired) electrons. The third kappa shape index (κ3) is 4.94. The fraction of sp³-hybridized carbons (Fsp3) is 0.133. The molecule has 0 aliphatic heterocycles. The molecule has 35 heavy (non-hydrogen) atoms. The van der Waals surface area contributed by atoms with Crippen LogP contribution in [0.15, 0.2) is 103 Å². The number of rotatable bonds is 8. The van der Waals surface area contributed by atoms with Crippen LogP contribution in [0.5, 0.6) is 5.75 Å². The van der Waals surface area contributed by atoms with Gasteiger partial charge in [0.1, 0.15) is 5.75 Å². The lowest BCUT2D eigenvalue weighted by Crippen LogP contribution is -2.23. The number of ether oxygens (including phenoxy) is 1. The number of carbonyl (C=O) groups excluding carboxylic acids is 1. The van der Waals surface area contributed by atoms with Gasteiger partial charge in [-0.1, -0.05) is 73.7 Å². The third-order valence-corrected chi connectivity index (χ3v) is 5.86. The molecule has 5 nitrogen and oxygen atoms in total. The van der Waals surface area contributed by atoms with E-state index >= 15 is 0 Å². The molecule has 174 valence electrons. The lowest BCUT2D eigenvalue weighted by Gasteiger charge is -2.09. The van der Waals surface area contributed by atoms with Crippen molar-refractivity contribution in [3.05, 3.63) is 114 Å². The molecule has 0 saturated heterocycles. The maximum atomic E-state index is 13.2. The summed E-state index contributed by atoms with van der Waals surface area (Å²) in [6.45, 7) is 3.10. The van der Waals surface area contributed by atoms with Crippen molar-refractivity contribution in [1.82, 2.24) is 15.1 Å². The van der Waals surface area contributed by atoms with Crippen molar-refractivity contribution < 1.29 is 9.53 Å². The van der Waals surface area contributed by atoms with E-state index < -0.39 is 0 Å². The van der Waals surface area contributed by atoms with Gasteiger partial charge in [0.05, 0.1) is 18.0 Å². The number of nitrogens with one attached hydrogen (secondary N) is 1. The molecule has 1 aromatic heterocycles. The predicted octanol–water partition coefficient (Wildman–Crippen LogP) is 6.41. The summed E-state index contributed by atoms with van der Waals surface area (Å²) in [5.41, 5.74) is 4.31. The van der Waals surface area contributed by atoms with Gasteiger partial charge in [-0.25, -0.2) is 4.68 Å². The number of nitrogens with zero attached hydrogens (tertiary/aromatic N) is 2. The number of carbonyl (C=O) groups is 1. The topological polar surface area (TPSA) is 56.1 Å². The van der Waals surface area contributed by atoms with Gasteiger partial charge in [-0.15, -0.1) is 0 Å². The summed E-state index contributed by atoms with van der Waals surface area (Å²) in [5.74, 6) is 0.699. The molecule has 5 heteroatoms. The van der Waals surface area contributed by atoms with Gasteiger partial charge in [0.2, 0.25) is 0 Å². The Hall–Kier alpha value is -4.38. The summed E-state index contributed by atoms with van der Waals surface area (Å²) in [4.78, 5) is 13.2. The van der Waals surface area contributed by atoms with E-state index in [0.717, 1.165) is 45.5 Å². The first-order valence-corrected chi connectivity index (χ1v) is 11.9. The van der Waals surface area contributed by atoms with E-state index in [0.29, 0.717) is 18.7 Å². The maximum Gasteiger partial charge on any atom is 0.252 e. The Bertz CT molecular complexity index is 1450. The number of hydrogen-bond donors (Lipinski definition) is 1. The standard InChI is InChI=1S/C30H27N3O2/c1-2-18-35-26-15-8-12-23(19-26)29-24(21-33(32-29)25-13-4-3-5-14-25)20-31-30(34)28-17-9-11-22-10-6-7-16-27(22)28/h3-17,19,21H,2,18,20H2,1H3,(H,31,34). The molecule has 0 aliphatic rings. The molecule has 0 fully saturated rings. The van der Waals surface area contributed by atoms with Crippen LogP contribution in [0.4, 0.5) is 0 Å². The van der Waals surface area contributed by atoms with Gasteiger partial charge in [0.15, 0.2) is 0 Å². The molecular formula is C30H27N3O2. The molecular weight excluding hydrogens is 434 g/mol. The average Bonchev–Trinajstić information content (AvgIpc) is 3.35. The molecule has 0 atom stereocenters. The minimum absolute atomic E-state index is 0.111. The smallest absolute Gasteiger partial charge is 0.252 e. The molecule has 0 aliphatic carbocycles. The van der Waals surface area contributed by atoms with E-state index in [1.807, 2.05) is 108 Å². The fourth-order valence-corrected chi connectivity index (χ4v) is 4.14. The molecule has 5 rings (SSSR count). The van der Waals surface area contributed by atoms with Crippen LogP contribution >= 0.6 is 0 Å². The largest absolute Gasteiger partial charge is 0.494 e. The minimum Gasteiger partial charge on any atom is -0.494 e. The molecule has 1 heterocycles. The highest BCUT2D eigenvalue weighted by molar-refractivity contribution is 6.07. The van der Waals surface area contributed by atoms with E-state index in [2.05, 4.69) is 12.2 Å². The Morgan fingerprint density at radius 2 is 1.69 bits per heavy atom. The second-order valence-corrected chi connectivity index (χ2v) is 8.37. The van der Waals surface area contributed by atoms with Gasteiger partial charge in [-0.3, -0.25) is 4.79 Å². The zero-order valence-electron chi connectivity index (χ0n) is 19.6. The average molecular weight is 462 g/mol. The normalized spacial score (nSPS) is 10.9. The number of para-hydroxylation sites is 1. The van der Waals surface area contributed by atoms with E-state index in [1.54, 1.807) is 0 Å². The molecule has 0 saturated carbocycles. The predicted molar refractivity (Wildman–Crippen MR) is 140 cm³/mol. The van der Waals surface area contributed by atoms with Crippen LogP contribution in [0.3, 0.4) is 0 Å². The summed E-state index contributed by atoms with van der Waals surface area (Å²) in [6.07, 6.45) is 2.92. The summed E-state index contributed by atoms with van der Waals surface area (Å²) < 4.78 is 7.70. The summed E-state index contributed by atoms with van der Waals surface area (Å²) in [7, 11) is 0. The maximum absolute atomic E-state index is 13.2. The number of fused-ring (bicyclic) bond motifs is 1. The molecule has 5 aromatic rings. The molecule has 1 amide bonds. The van der Waals surface area contributed by atoms with Crippen LogP contribution in [0.25, 0.3) is 27.7 Å². The first kappa shape index (κ1) is 22.4. The minimum atomic E-state index is -0.111. The van der Waals surface area contributed by atoms with Crippen molar-refractivity contribution in [2.45, 2.75) is 19.9 Å². The summed E-state index contributed by atoms with van der Waals surface area (Å²) in [5, 5.41) is 9.97. The Labute approximate surface area is 205 Å². The van der Waals surface area contributed by atoms with Crippen LogP contribution in [0.2, 0.25) is 0 Å². The monoisotopic (exact) mass is 461 g/mol. The lowest BCUT2D eigenvalue weighted by molar-refractivity contribution is 0.0952. The Kier molecular flexibility index (Phi) is 6.57. The zero-order chi connectivity index (χ0) is 24.0. The van der Waals surface area contributed by atoms with Crippen LogP contribution in [0, 0.1) is 0 Å². The molecule has 4 aromatic carbocycles. The number of hydrogen-bond acceptors (Lipinski definition) is 3. The van der Waals surface area contributed by atoms with Crippen molar-refractivity contribution in [3.8, 4) is 22.7 Å². The molecule has 0 spiro atoms. The van der Waals surface area contributed by atoms with Crippen molar-refractivity contribution in [3.63, 3.8) is 0 Å².